The second-order valence-corrected chi connectivity index (χ2v) is 10.6. The Hall–Kier alpha value is -4.05. The summed E-state index contributed by atoms with van der Waals surface area (Å²) in [7, 11) is -4.12. The van der Waals surface area contributed by atoms with Crippen molar-refractivity contribution < 1.29 is 27.5 Å². The Morgan fingerprint density at radius 1 is 0.872 bits per heavy atom. The largest absolute Gasteiger partial charge is 0.461 e. The molecule has 0 saturated carbocycles. The highest BCUT2D eigenvalue weighted by atomic mass is 32.2. The molecule has 3 aromatic rings. The fraction of sp³-hybridized carbons (Fsp3) is 0.310. The van der Waals surface area contributed by atoms with E-state index in [4.69, 9.17) is 4.74 Å². The van der Waals surface area contributed by atoms with Crippen molar-refractivity contribution in [2.75, 3.05) is 13.2 Å². The minimum absolute atomic E-state index is 0.0132. The van der Waals surface area contributed by atoms with Crippen LogP contribution < -0.4 is 10.0 Å². The first-order valence-corrected chi connectivity index (χ1v) is 14.4. The van der Waals surface area contributed by atoms with Crippen LogP contribution in [0.25, 0.3) is 0 Å². The highest BCUT2D eigenvalue weighted by Crippen LogP contribution is 2.12. The van der Waals surface area contributed by atoms with Gasteiger partial charge in [-0.1, -0.05) is 62.2 Å². The zero-order chi connectivity index (χ0) is 28.1. The van der Waals surface area contributed by atoms with Crippen LogP contribution in [0, 0.1) is 0 Å². The number of amides is 2. The van der Waals surface area contributed by atoms with Gasteiger partial charge >= 0.3 is 5.97 Å². The van der Waals surface area contributed by atoms with Crippen molar-refractivity contribution in [2.45, 2.75) is 50.3 Å². The lowest BCUT2D eigenvalue weighted by Gasteiger charge is -2.09. The van der Waals surface area contributed by atoms with Gasteiger partial charge in [-0.3, -0.25) is 9.59 Å². The first-order valence-electron chi connectivity index (χ1n) is 12.9. The van der Waals surface area contributed by atoms with Crippen molar-refractivity contribution in [3.8, 4) is 0 Å². The van der Waals surface area contributed by atoms with E-state index in [1.165, 1.54) is 24.3 Å². The Kier molecular flexibility index (Phi) is 11.2. The normalized spacial score (nSPS) is 11.0. The van der Waals surface area contributed by atoms with Crippen molar-refractivity contribution >= 4 is 27.8 Å². The third kappa shape index (κ3) is 9.64. The number of unbranched alkanes of at least 4 members (excludes halogenated alkanes) is 2. The number of carbonyl (C=O) groups excluding carboxylic acids is 3. The summed E-state index contributed by atoms with van der Waals surface area (Å²) < 4.78 is 32.5. The molecule has 0 radical (unpaired) electrons. The van der Waals surface area contributed by atoms with Crippen LogP contribution in [0.4, 0.5) is 0 Å². The molecular weight excluding hydrogens is 518 g/mol. The molecule has 3 rings (SSSR count). The first kappa shape index (κ1) is 29.5. The number of aryl methyl sites for hydroxylation is 1. The molecule has 2 aromatic carbocycles. The van der Waals surface area contributed by atoms with Gasteiger partial charge in [-0.2, -0.15) is 0 Å². The van der Waals surface area contributed by atoms with Gasteiger partial charge < -0.3 is 10.1 Å². The Bertz CT molecular complexity index is 1340. The SMILES string of the molecule is CCCCCOC(=O)c1ccc(C(=O)NS(=O)(=O)c2ccc(CCNC(=O)CCc3ccccc3)cc2)cn1. The lowest BCUT2D eigenvalue weighted by atomic mass is 10.1. The molecule has 39 heavy (non-hydrogen) atoms. The maximum Gasteiger partial charge on any atom is 0.356 e. The molecule has 10 heteroatoms. The van der Waals surface area contributed by atoms with E-state index in [-0.39, 0.29) is 28.7 Å². The van der Waals surface area contributed by atoms with Crippen molar-refractivity contribution in [3.63, 3.8) is 0 Å². The molecule has 0 fully saturated rings. The molecule has 0 bridgehead atoms. The molecule has 206 valence electrons. The summed E-state index contributed by atoms with van der Waals surface area (Å²) in [4.78, 5) is 40.4. The van der Waals surface area contributed by atoms with Gasteiger partial charge in [-0.15, -0.1) is 0 Å². The number of nitrogens with one attached hydrogen (secondary N) is 2. The van der Waals surface area contributed by atoms with Crippen LogP contribution in [0.1, 0.15) is 64.6 Å². The van der Waals surface area contributed by atoms with Crippen LogP contribution in [0.2, 0.25) is 0 Å². The average molecular weight is 552 g/mol. The van der Waals surface area contributed by atoms with Gasteiger partial charge in [0.2, 0.25) is 5.91 Å². The van der Waals surface area contributed by atoms with E-state index >= 15 is 0 Å². The average Bonchev–Trinajstić information content (AvgIpc) is 2.95. The number of hydrogen-bond donors (Lipinski definition) is 2. The van der Waals surface area contributed by atoms with Gasteiger partial charge in [0.05, 0.1) is 17.1 Å². The van der Waals surface area contributed by atoms with Gasteiger partial charge in [0.15, 0.2) is 0 Å². The molecule has 1 heterocycles. The number of carbonyl (C=O) groups is 3. The predicted octanol–water partition coefficient (Wildman–Crippen LogP) is 3.84. The summed E-state index contributed by atoms with van der Waals surface area (Å²) in [5.41, 5.74) is 1.96. The van der Waals surface area contributed by atoms with Crippen molar-refractivity contribution in [3.05, 3.63) is 95.3 Å². The minimum atomic E-state index is -4.12. The van der Waals surface area contributed by atoms with Gasteiger partial charge in [0.25, 0.3) is 15.9 Å². The zero-order valence-electron chi connectivity index (χ0n) is 21.9. The van der Waals surface area contributed by atoms with E-state index < -0.39 is 21.9 Å². The molecule has 1 aromatic heterocycles. The van der Waals surface area contributed by atoms with Crippen LogP contribution in [0.5, 0.6) is 0 Å². The van der Waals surface area contributed by atoms with Crippen molar-refractivity contribution in [1.82, 2.24) is 15.0 Å². The number of hydrogen-bond acceptors (Lipinski definition) is 7. The molecular formula is C29H33N3O6S. The van der Waals surface area contributed by atoms with E-state index in [9.17, 15) is 22.8 Å². The Labute approximate surface area is 229 Å². The lowest BCUT2D eigenvalue weighted by Crippen LogP contribution is -2.30. The number of nitrogens with zero attached hydrogens (tertiary/aromatic N) is 1. The fourth-order valence-electron chi connectivity index (χ4n) is 3.65. The molecule has 0 spiro atoms. The van der Waals surface area contributed by atoms with Gasteiger partial charge in [0, 0.05) is 19.2 Å². The zero-order valence-corrected chi connectivity index (χ0v) is 22.7. The van der Waals surface area contributed by atoms with E-state index in [1.807, 2.05) is 42.0 Å². The molecule has 2 N–H and O–H groups in total. The Balaban J connectivity index is 1.46. The van der Waals surface area contributed by atoms with Crippen molar-refractivity contribution in [1.29, 1.82) is 0 Å². The number of benzene rings is 2. The van der Waals surface area contributed by atoms with Crippen molar-refractivity contribution in [2.24, 2.45) is 0 Å². The second-order valence-electron chi connectivity index (χ2n) is 8.94. The quantitative estimate of drug-likeness (QED) is 0.230. The topological polar surface area (TPSA) is 132 Å². The number of rotatable bonds is 14. The second kappa shape index (κ2) is 14.8. The van der Waals surface area contributed by atoms with Crippen LogP contribution in [-0.2, 0) is 32.4 Å². The van der Waals surface area contributed by atoms with E-state index in [0.29, 0.717) is 25.8 Å². The number of aromatic nitrogens is 1. The van der Waals surface area contributed by atoms with E-state index in [2.05, 4.69) is 10.3 Å². The predicted molar refractivity (Wildman–Crippen MR) is 147 cm³/mol. The summed E-state index contributed by atoms with van der Waals surface area (Å²) >= 11 is 0. The Morgan fingerprint density at radius 2 is 1.59 bits per heavy atom. The maximum absolute atomic E-state index is 12.7. The monoisotopic (exact) mass is 551 g/mol. The van der Waals surface area contributed by atoms with E-state index in [0.717, 1.165) is 36.6 Å². The van der Waals surface area contributed by atoms with Crippen LogP contribution in [0.3, 0.4) is 0 Å². The van der Waals surface area contributed by atoms with E-state index in [1.54, 1.807) is 12.1 Å². The van der Waals surface area contributed by atoms with Gasteiger partial charge in [0.1, 0.15) is 5.69 Å². The summed E-state index contributed by atoms with van der Waals surface area (Å²) in [6.45, 7) is 2.75. The molecule has 0 aliphatic carbocycles. The molecule has 0 aliphatic heterocycles. The molecule has 0 saturated heterocycles. The molecule has 0 aliphatic rings. The standard InChI is InChI=1S/C29H33N3O6S/c1-2-3-7-20-38-29(35)26-16-13-24(21-31-26)28(34)32-39(36,37)25-14-10-23(11-15-25)18-19-30-27(33)17-12-22-8-5-4-6-9-22/h4-6,8-11,13-16,21H,2-3,7,12,17-20H2,1H3,(H,30,33)(H,32,34). The van der Waals surface area contributed by atoms with Gasteiger partial charge in [-0.25, -0.2) is 22.9 Å². The summed E-state index contributed by atoms with van der Waals surface area (Å²) in [6.07, 6.45) is 5.42. The minimum Gasteiger partial charge on any atom is -0.461 e. The number of ether oxygens (including phenoxy) is 1. The third-order valence-electron chi connectivity index (χ3n) is 5.90. The summed E-state index contributed by atoms with van der Waals surface area (Å²) in [6, 6.07) is 18.5. The number of esters is 1. The molecule has 0 atom stereocenters. The third-order valence-corrected chi connectivity index (χ3v) is 7.24. The smallest absolute Gasteiger partial charge is 0.356 e. The first-order chi connectivity index (χ1) is 18.8. The maximum atomic E-state index is 12.7. The molecule has 2 amide bonds. The fourth-order valence-corrected chi connectivity index (χ4v) is 4.63. The van der Waals surface area contributed by atoms with Gasteiger partial charge in [-0.05, 0) is 54.7 Å². The number of pyridine rings is 1. The molecule has 9 nitrogen and oxygen atoms in total. The summed E-state index contributed by atoms with van der Waals surface area (Å²) in [5.74, 6) is -1.52. The van der Waals surface area contributed by atoms with Crippen LogP contribution >= 0.6 is 0 Å². The highest BCUT2D eigenvalue weighted by Gasteiger charge is 2.20. The molecule has 0 unspecified atom stereocenters. The van der Waals surface area contributed by atoms with Crippen LogP contribution in [-0.4, -0.2) is 44.3 Å². The summed E-state index contributed by atoms with van der Waals surface area (Å²) in [5, 5.41) is 2.87. The number of sulfonamides is 1. The van der Waals surface area contributed by atoms with Crippen LogP contribution in [0.15, 0.2) is 77.8 Å². The highest BCUT2D eigenvalue weighted by molar-refractivity contribution is 7.90. The Morgan fingerprint density at radius 3 is 2.26 bits per heavy atom. The lowest BCUT2D eigenvalue weighted by molar-refractivity contribution is -0.121.